The van der Waals surface area contributed by atoms with Crippen molar-refractivity contribution in [2.75, 3.05) is 0 Å². The van der Waals surface area contributed by atoms with E-state index in [0.717, 1.165) is 16.1 Å². The molecule has 2 heterocycles. The van der Waals surface area contributed by atoms with Gasteiger partial charge >= 0.3 is 0 Å². The van der Waals surface area contributed by atoms with Crippen LogP contribution in [0.3, 0.4) is 0 Å². The fourth-order valence-electron chi connectivity index (χ4n) is 2.89. The van der Waals surface area contributed by atoms with Crippen molar-refractivity contribution < 1.29 is 8.42 Å². The Morgan fingerprint density at radius 2 is 1.80 bits per heavy atom. The minimum atomic E-state index is -3.76. The number of nitrogens with one attached hydrogen (secondary N) is 1. The Morgan fingerprint density at radius 1 is 1.07 bits per heavy atom. The average molecular weight is 461 g/mol. The van der Waals surface area contributed by atoms with Crippen LogP contribution in [0.2, 0.25) is 5.02 Å². The predicted molar refractivity (Wildman–Crippen MR) is 114 cm³/mol. The van der Waals surface area contributed by atoms with Crippen LogP contribution in [-0.4, -0.2) is 38.3 Å². The first-order valence-corrected chi connectivity index (χ1v) is 11.6. The summed E-state index contributed by atoms with van der Waals surface area (Å²) in [6.45, 7) is 2.25. The molecule has 0 unspecified atom stereocenters. The first-order chi connectivity index (χ1) is 14.4. The second kappa shape index (κ2) is 8.60. The number of hydrogen-bond acceptors (Lipinski definition) is 7. The number of nitrogens with zero attached hydrogens (tertiary/aromatic N) is 5. The van der Waals surface area contributed by atoms with Crippen molar-refractivity contribution in [2.24, 2.45) is 0 Å². The van der Waals surface area contributed by atoms with Gasteiger partial charge in [0.2, 0.25) is 15.8 Å². The van der Waals surface area contributed by atoms with Crippen molar-refractivity contribution in [3.63, 3.8) is 0 Å². The molecule has 30 heavy (non-hydrogen) atoms. The van der Waals surface area contributed by atoms with E-state index in [1.165, 1.54) is 27.8 Å². The number of rotatable bonds is 7. The largest absolute Gasteiger partial charge is 0.245 e. The molecule has 0 saturated heterocycles. The molecule has 0 amide bonds. The highest BCUT2D eigenvalue weighted by molar-refractivity contribution is 7.89. The number of thiazole rings is 1. The van der Waals surface area contributed by atoms with Gasteiger partial charge < -0.3 is 0 Å². The average Bonchev–Trinajstić information content (AvgIpc) is 3.40. The fraction of sp³-hybridized carbons (Fsp3) is 0.158. The molecule has 0 fully saturated rings. The standard InChI is InChI=1S/C19H17ClN6O2S2/c1-13-21-17(12-29-13)11-26(30(27,28)18-8-6-16(20)7-9-18)10-14-2-4-15(5-3-14)19-22-24-25-23-19/h2-9,12H,10-11H2,1H3,(H,22,23,24,25). The second-order valence-electron chi connectivity index (χ2n) is 6.52. The number of benzene rings is 2. The minimum absolute atomic E-state index is 0.169. The fourth-order valence-corrected chi connectivity index (χ4v) is 5.02. The zero-order chi connectivity index (χ0) is 21.1. The lowest BCUT2D eigenvalue weighted by atomic mass is 10.1. The first kappa shape index (κ1) is 20.6. The number of aromatic amines is 1. The summed E-state index contributed by atoms with van der Waals surface area (Å²) in [4.78, 5) is 4.61. The molecular weight excluding hydrogens is 444 g/mol. The maximum atomic E-state index is 13.3. The summed E-state index contributed by atoms with van der Waals surface area (Å²) < 4.78 is 28.1. The van der Waals surface area contributed by atoms with E-state index < -0.39 is 10.0 Å². The summed E-state index contributed by atoms with van der Waals surface area (Å²) in [6, 6.07) is 13.5. The van der Waals surface area contributed by atoms with E-state index >= 15 is 0 Å². The molecule has 0 aliphatic carbocycles. The van der Waals surface area contributed by atoms with Crippen molar-refractivity contribution in [1.29, 1.82) is 0 Å². The van der Waals surface area contributed by atoms with Crippen LogP contribution < -0.4 is 0 Å². The highest BCUT2D eigenvalue weighted by Crippen LogP contribution is 2.24. The molecule has 4 aromatic rings. The second-order valence-corrected chi connectivity index (χ2v) is 9.95. The maximum Gasteiger partial charge on any atom is 0.243 e. The lowest BCUT2D eigenvalue weighted by Gasteiger charge is -2.22. The van der Waals surface area contributed by atoms with Gasteiger partial charge in [-0.3, -0.25) is 0 Å². The molecule has 2 aromatic heterocycles. The number of H-pyrrole nitrogens is 1. The van der Waals surface area contributed by atoms with Crippen LogP contribution in [0.1, 0.15) is 16.3 Å². The molecule has 4 rings (SSSR count). The van der Waals surface area contributed by atoms with Crippen LogP contribution in [-0.2, 0) is 23.1 Å². The molecule has 1 N–H and O–H groups in total. The Balaban J connectivity index is 1.64. The van der Waals surface area contributed by atoms with Crippen LogP contribution in [0.25, 0.3) is 11.4 Å². The van der Waals surface area contributed by atoms with Gasteiger partial charge in [0.1, 0.15) is 0 Å². The summed E-state index contributed by atoms with van der Waals surface area (Å²) in [6.07, 6.45) is 0. The predicted octanol–water partition coefficient (Wildman–Crippen LogP) is 3.68. The van der Waals surface area contributed by atoms with E-state index in [0.29, 0.717) is 16.5 Å². The quantitative estimate of drug-likeness (QED) is 0.451. The molecule has 0 atom stereocenters. The van der Waals surface area contributed by atoms with Crippen molar-refractivity contribution in [3.05, 3.63) is 75.2 Å². The van der Waals surface area contributed by atoms with Gasteiger partial charge in [0.25, 0.3) is 0 Å². The molecule has 0 radical (unpaired) electrons. The van der Waals surface area contributed by atoms with Crippen molar-refractivity contribution >= 4 is 33.0 Å². The van der Waals surface area contributed by atoms with Crippen LogP contribution in [0.15, 0.2) is 58.8 Å². The maximum absolute atomic E-state index is 13.3. The van der Waals surface area contributed by atoms with Gasteiger partial charge in [0, 0.05) is 22.5 Å². The minimum Gasteiger partial charge on any atom is -0.245 e. The van der Waals surface area contributed by atoms with Gasteiger partial charge in [-0.25, -0.2) is 13.4 Å². The molecule has 0 spiro atoms. The number of aromatic nitrogens is 5. The van der Waals surface area contributed by atoms with E-state index in [1.54, 1.807) is 12.1 Å². The monoisotopic (exact) mass is 460 g/mol. The van der Waals surface area contributed by atoms with Crippen LogP contribution >= 0.6 is 22.9 Å². The third-order valence-electron chi connectivity index (χ3n) is 4.37. The summed E-state index contributed by atoms with van der Waals surface area (Å²) in [5.41, 5.74) is 2.32. The van der Waals surface area contributed by atoms with Crippen molar-refractivity contribution in [3.8, 4) is 11.4 Å². The SMILES string of the molecule is Cc1nc(CN(Cc2ccc(-c3nn[nH]n3)cc2)S(=O)(=O)c2ccc(Cl)cc2)cs1. The molecule has 2 aromatic carbocycles. The highest BCUT2D eigenvalue weighted by Gasteiger charge is 2.26. The first-order valence-electron chi connectivity index (χ1n) is 8.91. The summed E-state index contributed by atoms with van der Waals surface area (Å²) >= 11 is 7.42. The molecule has 0 bridgehead atoms. The van der Waals surface area contributed by atoms with E-state index in [4.69, 9.17) is 11.6 Å². The molecule has 0 aliphatic rings. The number of hydrogen-bond donors (Lipinski definition) is 1. The van der Waals surface area contributed by atoms with Gasteiger partial charge in [0.05, 0.1) is 22.1 Å². The summed E-state index contributed by atoms with van der Waals surface area (Å²) in [5, 5.41) is 17.1. The number of aryl methyl sites for hydroxylation is 1. The normalized spacial score (nSPS) is 11.8. The Labute approximate surface area is 182 Å². The van der Waals surface area contributed by atoms with Gasteiger partial charge in [-0.15, -0.1) is 21.5 Å². The zero-order valence-corrected chi connectivity index (χ0v) is 18.2. The lowest BCUT2D eigenvalue weighted by Crippen LogP contribution is -2.30. The van der Waals surface area contributed by atoms with Crippen molar-refractivity contribution in [2.45, 2.75) is 24.9 Å². The Bertz CT molecular complexity index is 1220. The van der Waals surface area contributed by atoms with E-state index in [-0.39, 0.29) is 18.0 Å². The molecule has 0 saturated carbocycles. The Morgan fingerprint density at radius 3 is 2.40 bits per heavy atom. The molecule has 11 heteroatoms. The lowest BCUT2D eigenvalue weighted by molar-refractivity contribution is 0.397. The number of halogens is 1. The topological polar surface area (TPSA) is 105 Å². The van der Waals surface area contributed by atoms with Crippen LogP contribution in [0.4, 0.5) is 0 Å². The molecule has 154 valence electrons. The third kappa shape index (κ3) is 4.57. The van der Waals surface area contributed by atoms with Gasteiger partial charge in [0.15, 0.2) is 0 Å². The van der Waals surface area contributed by atoms with Crippen LogP contribution in [0.5, 0.6) is 0 Å². The molecule has 0 aliphatic heterocycles. The van der Waals surface area contributed by atoms with E-state index in [2.05, 4.69) is 25.6 Å². The summed E-state index contributed by atoms with van der Waals surface area (Å²) in [7, 11) is -3.76. The Kier molecular flexibility index (Phi) is 5.91. The van der Waals surface area contributed by atoms with Crippen LogP contribution in [0, 0.1) is 6.92 Å². The summed E-state index contributed by atoms with van der Waals surface area (Å²) in [5.74, 6) is 0.477. The van der Waals surface area contributed by atoms with Gasteiger partial charge in [-0.2, -0.15) is 9.52 Å². The van der Waals surface area contributed by atoms with Gasteiger partial charge in [-0.1, -0.05) is 35.9 Å². The molecule has 8 nitrogen and oxygen atoms in total. The Hall–Kier alpha value is -2.66. The number of tetrazole rings is 1. The third-order valence-corrected chi connectivity index (χ3v) is 7.25. The van der Waals surface area contributed by atoms with E-state index in [1.807, 2.05) is 36.6 Å². The highest BCUT2D eigenvalue weighted by atomic mass is 35.5. The smallest absolute Gasteiger partial charge is 0.243 e. The number of sulfonamides is 1. The zero-order valence-electron chi connectivity index (χ0n) is 15.9. The molecular formula is C19H17ClN6O2S2. The van der Waals surface area contributed by atoms with Crippen molar-refractivity contribution in [1.82, 2.24) is 29.9 Å². The van der Waals surface area contributed by atoms with E-state index in [9.17, 15) is 8.42 Å². The van der Waals surface area contributed by atoms with Gasteiger partial charge in [-0.05, 0) is 42.0 Å².